The fourth-order valence-electron chi connectivity index (χ4n) is 4.05. The Kier molecular flexibility index (Phi) is 5.79. The van der Waals surface area contributed by atoms with Gasteiger partial charge in [-0.2, -0.15) is 4.98 Å². The largest absolute Gasteiger partial charge is 0.504 e. The number of ether oxygens (including phenoxy) is 1. The van der Waals surface area contributed by atoms with Crippen LogP contribution in [0.5, 0.6) is 11.6 Å². The first-order valence-electron chi connectivity index (χ1n) is 10.3. The Hall–Kier alpha value is -3.53. The third kappa shape index (κ3) is 3.89. The number of anilines is 2. The van der Waals surface area contributed by atoms with Gasteiger partial charge in [-0.25, -0.2) is 14.4 Å². The number of nitrogens with zero attached hydrogens (tertiary/aromatic N) is 5. The second kappa shape index (κ2) is 8.54. The summed E-state index contributed by atoms with van der Waals surface area (Å²) in [6.07, 6.45) is 3.15. The molecule has 4 rings (SSSR count). The van der Waals surface area contributed by atoms with Crippen LogP contribution in [0.4, 0.5) is 15.8 Å². The zero-order chi connectivity index (χ0) is 23.0. The molecule has 0 amide bonds. The van der Waals surface area contributed by atoms with E-state index in [2.05, 4.69) is 44.0 Å². The number of halogens is 1. The number of phenols is 1. The SMILES string of the molecule is CN=Cc1cc(-c2nc(OC)c3cc(N4CC(C)NC(C)C4)cnc3n2)c(O)c(F)c1N. The number of benzene rings is 1. The molecule has 3 heterocycles. The van der Waals surface area contributed by atoms with Crippen molar-refractivity contribution >= 4 is 28.6 Å². The smallest absolute Gasteiger partial charge is 0.226 e. The van der Waals surface area contributed by atoms with E-state index in [1.165, 1.54) is 19.4 Å². The van der Waals surface area contributed by atoms with Gasteiger partial charge in [0.05, 0.1) is 35.6 Å². The second-order valence-electron chi connectivity index (χ2n) is 7.97. The third-order valence-corrected chi connectivity index (χ3v) is 5.44. The summed E-state index contributed by atoms with van der Waals surface area (Å²) >= 11 is 0. The summed E-state index contributed by atoms with van der Waals surface area (Å²) < 4.78 is 20.0. The number of fused-ring (bicyclic) bond motifs is 1. The maximum Gasteiger partial charge on any atom is 0.226 e. The van der Waals surface area contributed by atoms with Crippen molar-refractivity contribution in [3.05, 3.63) is 29.7 Å². The monoisotopic (exact) mass is 439 g/mol. The molecule has 32 heavy (non-hydrogen) atoms. The Labute approximate surface area is 185 Å². The van der Waals surface area contributed by atoms with E-state index in [1.807, 2.05) is 6.07 Å². The van der Waals surface area contributed by atoms with Gasteiger partial charge in [-0.15, -0.1) is 0 Å². The molecular formula is C22H26FN7O2. The fraction of sp³-hybridized carbons (Fsp3) is 0.364. The van der Waals surface area contributed by atoms with Crippen molar-refractivity contribution in [2.75, 3.05) is 37.9 Å². The number of hydrogen-bond acceptors (Lipinski definition) is 9. The van der Waals surface area contributed by atoms with Crippen LogP contribution in [0.3, 0.4) is 0 Å². The number of phenolic OH excluding ortho intramolecular Hbond substituents is 1. The molecule has 2 atom stereocenters. The zero-order valence-electron chi connectivity index (χ0n) is 18.4. The predicted octanol–water partition coefficient (Wildman–Crippen LogP) is 2.36. The van der Waals surface area contributed by atoms with Gasteiger partial charge in [-0.1, -0.05) is 0 Å². The Morgan fingerprint density at radius 3 is 2.66 bits per heavy atom. The fourth-order valence-corrected chi connectivity index (χ4v) is 4.05. The minimum Gasteiger partial charge on any atom is -0.504 e. The lowest BCUT2D eigenvalue weighted by Gasteiger charge is -2.37. The number of pyridine rings is 1. The number of nitrogen functional groups attached to an aromatic ring is 1. The van der Waals surface area contributed by atoms with Crippen LogP contribution in [0.2, 0.25) is 0 Å². The normalized spacial score (nSPS) is 19.1. The summed E-state index contributed by atoms with van der Waals surface area (Å²) in [5.41, 5.74) is 7.25. The van der Waals surface area contributed by atoms with Crippen LogP contribution in [0.1, 0.15) is 19.4 Å². The van der Waals surface area contributed by atoms with Crippen LogP contribution in [0.25, 0.3) is 22.4 Å². The van der Waals surface area contributed by atoms with E-state index >= 15 is 0 Å². The van der Waals surface area contributed by atoms with Crippen molar-refractivity contribution < 1.29 is 14.2 Å². The maximum absolute atomic E-state index is 14.5. The Balaban J connectivity index is 1.83. The minimum atomic E-state index is -0.953. The number of rotatable bonds is 4. The number of aliphatic imine (C=N–C) groups is 1. The van der Waals surface area contributed by atoms with Gasteiger partial charge >= 0.3 is 0 Å². The number of methoxy groups -OCH3 is 1. The first-order chi connectivity index (χ1) is 15.3. The van der Waals surface area contributed by atoms with E-state index in [-0.39, 0.29) is 23.0 Å². The lowest BCUT2D eigenvalue weighted by atomic mass is 10.1. The molecule has 0 saturated carbocycles. The Morgan fingerprint density at radius 1 is 1.28 bits per heavy atom. The molecule has 1 aliphatic heterocycles. The highest BCUT2D eigenvalue weighted by Gasteiger charge is 2.23. The first kappa shape index (κ1) is 21.7. The zero-order valence-corrected chi connectivity index (χ0v) is 18.4. The number of aromatic hydroxyl groups is 1. The van der Waals surface area contributed by atoms with Gasteiger partial charge in [0.25, 0.3) is 0 Å². The summed E-state index contributed by atoms with van der Waals surface area (Å²) in [5, 5.41) is 14.5. The van der Waals surface area contributed by atoms with Crippen molar-refractivity contribution in [1.82, 2.24) is 20.3 Å². The molecule has 0 radical (unpaired) electrons. The summed E-state index contributed by atoms with van der Waals surface area (Å²) in [4.78, 5) is 19.5. The van der Waals surface area contributed by atoms with Crippen molar-refractivity contribution in [2.24, 2.45) is 4.99 Å². The molecule has 1 saturated heterocycles. The molecule has 168 valence electrons. The van der Waals surface area contributed by atoms with Crippen molar-refractivity contribution in [1.29, 1.82) is 0 Å². The summed E-state index contributed by atoms with van der Waals surface area (Å²) in [6, 6.07) is 4.12. The van der Waals surface area contributed by atoms with E-state index in [4.69, 9.17) is 10.5 Å². The number of aromatic nitrogens is 3. The van der Waals surface area contributed by atoms with Crippen LogP contribution in [0.15, 0.2) is 23.3 Å². The number of hydrogen-bond donors (Lipinski definition) is 3. The highest BCUT2D eigenvalue weighted by molar-refractivity contribution is 5.92. The van der Waals surface area contributed by atoms with Crippen LogP contribution in [0, 0.1) is 5.82 Å². The molecule has 1 aromatic carbocycles. The first-order valence-corrected chi connectivity index (χ1v) is 10.3. The van der Waals surface area contributed by atoms with Crippen molar-refractivity contribution in [3.8, 4) is 23.0 Å². The predicted molar refractivity (Wildman–Crippen MR) is 123 cm³/mol. The van der Waals surface area contributed by atoms with Crippen molar-refractivity contribution in [2.45, 2.75) is 25.9 Å². The highest BCUT2D eigenvalue weighted by atomic mass is 19.1. The van der Waals surface area contributed by atoms with Gasteiger partial charge in [0.15, 0.2) is 23.0 Å². The molecule has 0 bridgehead atoms. The molecule has 2 aromatic heterocycles. The molecular weight excluding hydrogens is 413 g/mol. The van der Waals surface area contributed by atoms with Gasteiger partial charge in [-0.05, 0) is 26.0 Å². The minimum absolute atomic E-state index is 0.0705. The van der Waals surface area contributed by atoms with E-state index in [0.29, 0.717) is 28.7 Å². The average molecular weight is 439 g/mol. The Bertz CT molecular complexity index is 1190. The van der Waals surface area contributed by atoms with Gasteiger partial charge in [0.2, 0.25) is 5.88 Å². The van der Waals surface area contributed by atoms with Crippen molar-refractivity contribution in [3.63, 3.8) is 0 Å². The number of nitrogens with two attached hydrogens (primary N) is 1. The molecule has 0 spiro atoms. The van der Waals surface area contributed by atoms with Gasteiger partial charge in [-0.3, -0.25) is 4.99 Å². The average Bonchev–Trinajstić information content (AvgIpc) is 2.77. The van der Waals surface area contributed by atoms with E-state index < -0.39 is 11.6 Å². The quantitative estimate of drug-likeness (QED) is 0.418. The molecule has 9 nitrogen and oxygen atoms in total. The standard InChI is InChI=1S/C22H26FN7O2/c1-11-9-30(10-12(2)27-11)14-6-16-20(26-8-14)28-21(29-22(16)32-4)15-5-13(7-25-3)18(24)17(23)19(15)31/h5-8,11-12,27,31H,9-10,24H2,1-4H3. The van der Waals surface area contributed by atoms with Crippen LogP contribution >= 0.6 is 0 Å². The summed E-state index contributed by atoms with van der Waals surface area (Å²) in [6.45, 7) is 5.98. The molecule has 3 aromatic rings. The molecule has 4 N–H and O–H groups in total. The van der Waals surface area contributed by atoms with E-state index in [1.54, 1.807) is 13.2 Å². The molecule has 10 heteroatoms. The topological polar surface area (TPSA) is 122 Å². The molecule has 0 aliphatic carbocycles. The molecule has 1 fully saturated rings. The molecule has 2 unspecified atom stereocenters. The van der Waals surface area contributed by atoms with Gasteiger partial charge in [0, 0.05) is 44.0 Å². The van der Waals surface area contributed by atoms with Crippen LogP contribution < -0.4 is 20.7 Å². The lowest BCUT2D eigenvalue weighted by Crippen LogP contribution is -2.54. The Morgan fingerprint density at radius 2 is 2.00 bits per heavy atom. The maximum atomic E-state index is 14.5. The number of nitrogens with one attached hydrogen (secondary N) is 1. The highest BCUT2D eigenvalue weighted by Crippen LogP contribution is 2.37. The third-order valence-electron chi connectivity index (χ3n) is 5.44. The summed E-state index contributed by atoms with van der Waals surface area (Å²) in [5.74, 6) is -1.25. The second-order valence-corrected chi connectivity index (χ2v) is 7.97. The summed E-state index contributed by atoms with van der Waals surface area (Å²) in [7, 11) is 3.03. The van der Waals surface area contributed by atoms with Crippen LogP contribution in [-0.2, 0) is 0 Å². The molecule has 1 aliphatic rings. The van der Waals surface area contributed by atoms with E-state index in [9.17, 15) is 9.50 Å². The van der Waals surface area contributed by atoms with Gasteiger partial charge < -0.3 is 25.8 Å². The lowest BCUT2D eigenvalue weighted by molar-refractivity contribution is 0.402. The number of piperazine rings is 1. The van der Waals surface area contributed by atoms with Crippen LogP contribution in [-0.4, -0.2) is 65.6 Å². The van der Waals surface area contributed by atoms with Gasteiger partial charge in [0.1, 0.15) is 0 Å². The van der Waals surface area contributed by atoms with E-state index in [0.717, 1.165) is 18.8 Å².